The van der Waals surface area contributed by atoms with Gasteiger partial charge < -0.3 is 18.7 Å². The molecule has 0 unspecified atom stereocenters. The molecule has 0 saturated carbocycles. The van der Waals surface area contributed by atoms with Gasteiger partial charge in [-0.15, -0.1) is 11.3 Å². The lowest BCUT2D eigenvalue weighted by molar-refractivity contribution is 0.102. The molecule has 0 aliphatic heterocycles. The van der Waals surface area contributed by atoms with Gasteiger partial charge in [0, 0.05) is 37.0 Å². The monoisotopic (exact) mass is 568 g/mol. The van der Waals surface area contributed by atoms with E-state index in [-0.39, 0.29) is 23.2 Å². The van der Waals surface area contributed by atoms with Crippen LogP contribution in [0.4, 0.5) is 5.13 Å². The molecule has 1 amide bonds. The lowest BCUT2D eigenvalue weighted by Crippen LogP contribution is -2.13. The molecule has 200 valence electrons. The largest absolute Gasteiger partial charge is 0.491 e. The van der Waals surface area contributed by atoms with Gasteiger partial charge in [0.05, 0.1) is 30.0 Å². The van der Waals surface area contributed by atoms with Crippen LogP contribution in [0.25, 0.3) is 0 Å². The molecule has 0 saturated heterocycles. The number of carbonyl (C=O) groups is 1. The summed E-state index contributed by atoms with van der Waals surface area (Å²) in [7, 11) is -4.60. The van der Waals surface area contributed by atoms with Crippen molar-refractivity contribution in [2.75, 3.05) is 45.2 Å². The molecule has 3 rings (SSSR count). The van der Waals surface area contributed by atoms with Crippen LogP contribution in [0.2, 0.25) is 0 Å². The molecule has 37 heavy (non-hydrogen) atoms. The molecular weight excluding hydrogens is 539 g/mol. The fraction of sp³-hybridized carbons (Fsp3) is 0.333. The van der Waals surface area contributed by atoms with Crippen molar-refractivity contribution in [3.8, 4) is 17.2 Å². The van der Waals surface area contributed by atoms with E-state index in [2.05, 4.69) is 10.3 Å². The third kappa shape index (κ3) is 8.94. The zero-order chi connectivity index (χ0) is 27.1. The first-order valence-electron chi connectivity index (χ1n) is 11.2. The van der Waals surface area contributed by atoms with Crippen LogP contribution in [0.1, 0.15) is 23.0 Å². The second kappa shape index (κ2) is 12.7. The third-order valence-electron chi connectivity index (χ3n) is 4.81. The molecule has 1 N–H and O–H groups in total. The van der Waals surface area contributed by atoms with Crippen LogP contribution in [0.5, 0.6) is 17.2 Å². The first-order valence-corrected chi connectivity index (χ1v) is 16.2. The molecule has 1 heterocycles. The van der Waals surface area contributed by atoms with E-state index in [4.69, 9.17) is 18.7 Å². The molecule has 0 aliphatic carbocycles. The molecule has 2 aromatic carbocycles. The number of amides is 1. The van der Waals surface area contributed by atoms with Crippen molar-refractivity contribution in [3.63, 3.8) is 0 Å². The van der Waals surface area contributed by atoms with Crippen molar-refractivity contribution in [1.29, 1.82) is 0 Å². The normalized spacial score (nSPS) is 13.1. The standard InChI is InChI=1S/C24H29N2O8PS2/c1-5-33-35(3,28)15-18-16-36-24(25-18)26-23(27)17-12-20(32-11-10-31-2)14-21(13-17)34-19-6-8-22(9-7-19)37(4,29)30/h6-9,12-14,16H,5,10-11,15H2,1-4H3,(H,25,26,27)/t35-/m0/s1. The van der Waals surface area contributed by atoms with Crippen LogP contribution >= 0.6 is 18.7 Å². The van der Waals surface area contributed by atoms with E-state index in [1.54, 1.807) is 38.2 Å². The summed E-state index contributed by atoms with van der Waals surface area (Å²) in [6, 6.07) is 10.7. The van der Waals surface area contributed by atoms with Crippen LogP contribution in [0, 0.1) is 0 Å². The number of carbonyl (C=O) groups excluding carboxylic acids is 1. The van der Waals surface area contributed by atoms with E-state index < -0.39 is 23.1 Å². The van der Waals surface area contributed by atoms with Crippen LogP contribution in [-0.2, 0) is 29.8 Å². The predicted molar refractivity (Wildman–Crippen MR) is 142 cm³/mol. The Morgan fingerprint density at radius 1 is 1.08 bits per heavy atom. The van der Waals surface area contributed by atoms with E-state index in [1.165, 1.54) is 41.7 Å². The highest BCUT2D eigenvalue weighted by Crippen LogP contribution is 2.46. The molecule has 0 bridgehead atoms. The SMILES string of the molecule is CCO[P@](C)(=O)Cc1csc(NC(=O)c2cc(OCCOC)cc(Oc3ccc(S(C)(=O)=O)cc3)c2)n1. The topological polar surface area (TPSA) is 130 Å². The van der Waals surface area contributed by atoms with Gasteiger partial charge in [-0.1, -0.05) is 0 Å². The summed E-state index contributed by atoms with van der Waals surface area (Å²) in [6.45, 7) is 4.29. The quantitative estimate of drug-likeness (QED) is 0.222. The molecule has 3 aromatic rings. The van der Waals surface area contributed by atoms with Crippen molar-refractivity contribution in [1.82, 2.24) is 4.98 Å². The highest BCUT2D eigenvalue weighted by Gasteiger charge is 2.19. The Balaban J connectivity index is 1.79. The first kappa shape index (κ1) is 28.8. The summed E-state index contributed by atoms with van der Waals surface area (Å²) in [5, 5.41) is 4.82. The summed E-state index contributed by atoms with van der Waals surface area (Å²) in [6.07, 6.45) is 1.30. The number of rotatable bonds is 13. The van der Waals surface area contributed by atoms with Gasteiger partial charge in [0.15, 0.2) is 15.0 Å². The summed E-state index contributed by atoms with van der Waals surface area (Å²) >= 11 is 1.21. The van der Waals surface area contributed by atoms with Gasteiger partial charge in [-0.3, -0.25) is 14.7 Å². The minimum Gasteiger partial charge on any atom is -0.491 e. The lowest BCUT2D eigenvalue weighted by Gasteiger charge is -2.12. The Bertz CT molecular complexity index is 1370. The zero-order valence-corrected chi connectivity index (χ0v) is 23.5. The Morgan fingerprint density at radius 3 is 2.43 bits per heavy atom. The van der Waals surface area contributed by atoms with Crippen molar-refractivity contribution >= 4 is 39.6 Å². The van der Waals surface area contributed by atoms with E-state index >= 15 is 0 Å². The van der Waals surface area contributed by atoms with Gasteiger partial charge in [-0.2, -0.15) is 0 Å². The number of anilines is 1. The summed E-state index contributed by atoms with van der Waals surface area (Å²) in [4.78, 5) is 17.5. The highest BCUT2D eigenvalue weighted by molar-refractivity contribution is 7.90. The minimum absolute atomic E-state index is 0.167. The smallest absolute Gasteiger partial charge is 0.257 e. The fourth-order valence-corrected chi connectivity index (χ4v) is 6.05. The Hall–Kier alpha value is -2.76. The molecule has 0 spiro atoms. The Kier molecular flexibility index (Phi) is 9.86. The van der Waals surface area contributed by atoms with E-state index in [9.17, 15) is 17.8 Å². The zero-order valence-electron chi connectivity index (χ0n) is 20.9. The molecule has 0 radical (unpaired) electrons. The number of thiazole rings is 1. The Labute approximate surface area is 220 Å². The summed E-state index contributed by atoms with van der Waals surface area (Å²) in [5.74, 6) is 0.641. The second-order valence-electron chi connectivity index (χ2n) is 8.07. The molecule has 1 atom stereocenters. The van der Waals surface area contributed by atoms with Gasteiger partial charge in [0.25, 0.3) is 5.91 Å². The van der Waals surface area contributed by atoms with Crippen molar-refractivity contribution in [2.45, 2.75) is 18.0 Å². The van der Waals surface area contributed by atoms with E-state index in [1.807, 2.05) is 0 Å². The number of ether oxygens (including phenoxy) is 3. The first-order chi connectivity index (χ1) is 17.5. The third-order valence-corrected chi connectivity index (χ3v) is 8.45. The van der Waals surface area contributed by atoms with Gasteiger partial charge in [0.2, 0.25) is 7.37 Å². The number of nitrogens with one attached hydrogen (secondary N) is 1. The second-order valence-corrected chi connectivity index (χ2v) is 13.5. The van der Waals surface area contributed by atoms with Crippen molar-refractivity contribution in [3.05, 3.63) is 59.1 Å². The number of nitrogens with zero attached hydrogens (tertiary/aromatic N) is 1. The maximum absolute atomic E-state index is 13.0. The molecular formula is C24H29N2O8PS2. The van der Waals surface area contributed by atoms with Gasteiger partial charge in [-0.05, 0) is 43.3 Å². The number of sulfone groups is 1. The van der Waals surface area contributed by atoms with Gasteiger partial charge in [0.1, 0.15) is 23.9 Å². The number of aromatic nitrogens is 1. The maximum atomic E-state index is 13.0. The van der Waals surface area contributed by atoms with E-state index in [0.717, 1.165) is 6.26 Å². The number of methoxy groups -OCH3 is 1. The van der Waals surface area contributed by atoms with Crippen molar-refractivity contribution in [2.24, 2.45) is 0 Å². The molecule has 10 nitrogen and oxygen atoms in total. The fourth-order valence-electron chi connectivity index (χ4n) is 3.20. The predicted octanol–water partition coefficient (Wildman–Crippen LogP) is 5.06. The molecule has 0 aliphatic rings. The van der Waals surface area contributed by atoms with E-state index in [0.29, 0.717) is 41.3 Å². The number of hydrogen-bond acceptors (Lipinski definition) is 10. The lowest BCUT2D eigenvalue weighted by atomic mass is 10.2. The van der Waals surface area contributed by atoms with Gasteiger partial charge in [-0.25, -0.2) is 13.4 Å². The molecule has 13 heteroatoms. The average molecular weight is 569 g/mol. The van der Waals surface area contributed by atoms with Crippen LogP contribution < -0.4 is 14.8 Å². The highest BCUT2D eigenvalue weighted by atomic mass is 32.2. The molecule has 1 aromatic heterocycles. The average Bonchev–Trinajstić information content (AvgIpc) is 3.24. The summed E-state index contributed by atoms with van der Waals surface area (Å²) in [5.41, 5.74) is 0.822. The number of hydrogen-bond donors (Lipinski definition) is 1. The van der Waals surface area contributed by atoms with Crippen molar-refractivity contribution < 1.29 is 36.5 Å². The van der Waals surface area contributed by atoms with Crippen LogP contribution in [0.15, 0.2) is 52.7 Å². The molecule has 0 fully saturated rings. The maximum Gasteiger partial charge on any atom is 0.257 e. The Morgan fingerprint density at radius 2 is 1.78 bits per heavy atom. The minimum atomic E-state index is -3.34. The van der Waals surface area contributed by atoms with Crippen LogP contribution in [-0.4, -0.2) is 59.2 Å². The number of benzene rings is 2. The summed E-state index contributed by atoms with van der Waals surface area (Å²) < 4.78 is 57.7. The van der Waals surface area contributed by atoms with Gasteiger partial charge >= 0.3 is 0 Å². The van der Waals surface area contributed by atoms with Crippen LogP contribution in [0.3, 0.4) is 0 Å².